The molecule has 8 nitrogen and oxygen atoms in total. The highest BCUT2D eigenvalue weighted by molar-refractivity contribution is 7.22. The van der Waals surface area contributed by atoms with E-state index in [0.29, 0.717) is 25.0 Å². The second kappa shape index (κ2) is 7.47. The second-order valence-electron chi connectivity index (χ2n) is 7.36. The highest BCUT2D eigenvalue weighted by Crippen LogP contribution is 2.35. The van der Waals surface area contributed by atoms with Crippen LogP contribution in [0.3, 0.4) is 0 Å². The van der Waals surface area contributed by atoms with Crippen LogP contribution in [-0.2, 0) is 4.74 Å². The number of fused-ring (bicyclic) bond motifs is 1. The Kier molecular flexibility index (Phi) is 4.67. The number of benzene rings is 1. The molecule has 5 rings (SSSR count). The third-order valence-corrected chi connectivity index (χ3v) is 6.35. The molecule has 1 saturated carbocycles. The van der Waals surface area contributed by atoms with E-state index in [4.69, 9.17) is 9.47 Å². The van der Waals surface area contributed by atoms with Crippen molar-refractivity contribution < 1.29 is 14.3 Å². The number of nitrogens with zero attached hydrogens (tertiary/aromatic N) is 4. The predicted molar refractivity (Wildman–Crippen MR) is 109 cm³/mol. The monoisotopic (exact) mass is 411 g/mol. The first-order chi connectivity index (χ1) is 14.2. The molecule has 2 aliphatic rings. The fourth-order valence-corrected chi connectivity index (χ4v) is 4.63. The van der Waals surface area contributed by atoms with Crippen molar-refractivity contribution in [2.45, 2.75) is 30.9 Å². The zero-order valence-electron chi connectivity index (χ0n) is 15.9. The summed E-state index contributed by atoms with van der Waals surface area (Å²) in [4.78, 5) is 26.7. The van der Waals surface area contributed by atoms with Gasteiger partial charge in [0.25, 0.3) is 0 Å². The van der Waals surface area contributed by atoms with E-state index in [1.807, 2.05) is 18.2 Å². The number of likely N-dealkylation sites (tertiary alicyclic amines) is 1. The lowest BCUT2D eigenvalue weighted by atomic mass is 9.89. The van der Waals surface area contributed by atoms with Crippen molar-refractivity contribution in [3.05, 3.63) is 42.4 Å². The van der Waals surface area contributed by atoms with Gasteiger partial charge in [0.1, 0.15) is 11.8 Å². The van der Waals surface area contributed by atoms with E-state index in [0.717, 1.165) is 29.2 Å². The zero-order valence-corrected chi connectivity index (χ0v) is 16.8. The number of nitrogens with one attached hydrogen (secondary N) is 1. The predicted octanol–water partition coefficient (Wildman–Crippen LogP) is 3.27. The Morgan fingerprint density at radius 3 is 2.79 bits per heavy atom. The van der Waals surface area contributed by atoms with Crippen molar-refractivity contribution in [2.75, 3.05) is 25.5 Å². The Bertz CT molecular complexity index is 997. The molecule has 3 aromatic rings. The average molecular weight is 411 g/mol. The number of ether oxygens (including phenoxy) is 2. The third-order valence-electron chi connectivity index (χ3n) is 5.39. The number of thiazole rings is 1. The molecule has 9 heteroatoms. The van der Waals surface area contributed by atoms with Crippen LogP contribution in [-0.4, -0.2) is 58.3 Å². The number of anilines is 1. The number of amides is 1. The number of hydrogen-bond donors (Lipinski definition) is 1. The molecule has 1 aliphatic carbocycles. The number of rotatable bonds is 5. The van der Waals surface area contributed by atoms with E-state index in [2.05, 4.69) is 26.3 Å². The van der Waals surface area contributed by atoms with Gasteiger partial charge in [-0.15, -0.1) is 0 Å². The molecule has 1 amide bonds. The zero-order chi connectivity index (χ0) is 19.8. The minimum absolute atomic E-state index is 0.106. The van der Waals surface area contributed by atoms with Crippen LogP contribution in [0.15, 0.2) is 36.7 Å². The summed E-state index contributed by atoms with van der Waals surface area (Å²) in [5.41, 5.74) is 1.84. The van der Waals surface area contributed by atoms with Crippen molar-refractivity contribution in [1.29, 1.82) is 0 Å². The summed E-state index contributed by atoms with van der Waals surface area (Å²) in [5.74, 6) is 0.708. The van der Waals surface area contributed by atoms with Gasteiger partial charge in [0.05, 0.1) is 17.3 Å². The van der Waals surface area contributed by atoms with Gasteiger partial charge in [-0.1, -0.05) is 23.5 Å². The van der Waals surface area contributed by atoms with E-state index in [1.165, 1.54) is 11.8 Å². The van der Waals surface area contributed by atoms with Crippen molar-refractivity contribution in [1.82, 2.24) is 19.9 Å². The van der Waals surface area contributed by atoms with E-state index < -0.39 is 0 Å². The Hall–Kier alpha value is -2.94. The Morgan fingerprint density at radius 1 is 1.21 bits per heavy atom. The van der Waals surface area contributed by atoms with Gasteiger partial charge in [0.15, 0.2) is 5.13 Å². The molecule has 2 aromatic heterocycles. The maximum Gasteiger partial charge on any atom is 0.409 e. The lowest BCUT2D eigenvalue weighted by Gasteiger charge is -2.39. The first-order valence-electron chi connectivity index (χ1n) is 9.62. The molecule has 1 N–H and O–H groups in total. The highest BCUT2D eigenvalue weighted by Gasteiger charge is 2.37. The number of para-hydroxylation sites is 1. The Morgan fingerprint density at radius 2 is 2.00 bits per heavy atom. The largest absolute Gasteiger partial charge is 0.473 e. The molecule has 3 heterocycles. The molecule has 0 radical (unpaired) electrons. The van der Waals surface area contributed by atoms with E-state index >= 15 is 0 Å². The lowest BCUT2D eigenvalue weighted by Crippen LogP contribution is -2.49. The topological polar surface area (TPSA) is 89.5 Å². The Balaban J connectivity index is 1.16. The third kappa shape index (κ3) is 3.57. The molecule has 0 spiro atoms. The first-order valence-corrected chi connectivity index (χ1v) is 10.4. The molecule has 29 heavy (non-hydrogen) atoms. The summed E-state index contributed by atoms with van der Waals surface area (Å²) in [5, 5.41) is 4.45. The summed E-state index contributed by atoms with van der Waals surface area (Å²) in [7, 11) is 1.39. The molecule has 1 aliphatic heterocycles. The smallest absolute Gasteiger partial charge is 0.409 e. The van der Waals surface area contributed by atoms with Gasteiger partial charge in [-0.3, -0.25) is 4.98 Å². The number of hydrogen-bond acceptors (Lipinski definition) is 8. The first kappa shape index (κ1) is 18.1. The number of aromatic nitrogens is 3. The second-order valence-corrected chi connectivity index (χ2v) is 8.39. The highest BCUT2D eigenvalue weighted by atomic mass is 32.1. The minimum Gasteiger partial charge on any atom is -0.473 e. The van der Waals surface area contributed by atoms with Crippen LogP contribution in [0.25, 0.3) is 10.2 Å². The number of carbonyl (C=O) groups is 1. The van der Waals surface area contributed by atoms with Gasteiger partial charge in [-0.05, 0) is 12.1 Å². The maximum atomic E-state index is 11.6. The molecule has 0 bridgehead atoms. The SMILES string of the molecule is COC(=O)N1CC(c2nccnc2O[C@H]2C[C@H](Nc3nc4ccccc4s3)C2)C1. The van der Waals surface area contributed by atoms with E-state index in [-0.39, 0.29) is 18.1 Å². The molecule has 1 aromatic carbocycles. The molecule has 0 unspecified atom stereocenters. The van der Waals surface area contributed by atoms with Crippen molar-refractivity contribution in [3.8, 4) is 5.88 Å². The standard InChI is InChI=1S/C20H21N5O3S/c1-27-20(26)25-10-12(11-25)17-18(22-7-6-21-17)28-14-8-13(9-14)23-19-24-15-4-2-3-5-16(15)29-19/h2-7,12-14H,8-11H2,1H3,(H,23,24)/t13-,14-. The van der Waals surface area contributed by atoms with Gasteiger partial charge in [-0.2, -0.15) is 0 Å². The van der Waals surface area contributed by atoms with Crippen LogP contribution in [0.4, 0.5) is 9.93 Å². The molecular formula is C20H21N5O3S. The van der Waals surface area contributed by atoms with Gasteiger partial charge in [0, 0.05) is 50.3 Å². The fraction of sp³-hybridized carbons (Fsp3) is 0.400. The van der Waals surface area contributed by atoms with Crippen LogP contribution in [0.1, 0.15) is 24.5 Å². The van der Waals surface area contributed by atoms with Crippen molar-refractivity contribution >= 4 is 32.8 Å². The lowest BCUT2D eigenvalue weighted by molar-refractivity contribution is 0.0794. The van der Waals surface area contributed by atoms with Gasteiger partial charge in [-0.25, -0.2) is 14.8 Å². The molecular weight excluding hydrogens is 390 g/mol. The van der Waals surface area contributed by atoms with Gasteiger partial charge >= 0.3 is 6.09 Å². The summed E-state index contributed by atoms with van der Waals surface area (Å²) in [6, 6.07) is 8.50. The van der Waals surface area contributed by atoms with E-state index in [1.54, 1.807) is 28.6 Å². The van der Waals surface area contributed by atoms with Gasteiger partial charge < -0.3 is 19.7 Å². The van der Waals surface area contributed by atoms with Crippen LogP contribution >= 0.6 is 11.3 Å². The summed E-state index contributed by atoms with van der Waals surface area (Å²) < 4.78 is 12.1. The minimum atomic E-state index is -0.310. The fourth-order valence-electron chi connectivity index (χ4n) is 3.68. The van der Waals surface area contributed by atoms with E-state index in [9.17, 15) is 4.79 Å². The summed E-state index contributed by atoms with van der Waals surface area (Å²) in [6.45, 7) is 1.16. The Labute approximate surface area is 171 Å². The molecule has 1 saturated heterocycles. The van der Waals surface area contributed by atoms with Crippen molar-refractivity contribution in [3.63, 3.8) is 0 Å². The molecule has 0 atom stereocenters. The quantitative estimate of drug-likeness (QED) is 0.689. The van der Waals surface area contributed by atoms with Crippen molar-refractivity contribution in [2.24, 2.45) is 0 Å². The summed E-state index contributed by atoms with van der Waals surface area (Å²) >= 11 is 1.67. The van der Waals surface area contributed by atoms with Gasteiger partial charge in [0.2, 0.25) is 5.88 Å². The number of methoxy groups -OCH3 is 1. The van der Waals surface area contributed by atoms with Crippen LogP contribution < -0.4 is 10.1 Å². The average Bonchev–Trinajstić information content (AvgIpc) is 3.08. The maximum absolute atomic E-state index is 11.6. The van der Waals surface area contributed by atoms with Crippen LogP contribution in [0.2, 0.25) is 0 Å². The number of carbonyl (C=O) groups excluding carboxylic acids is 1. The van der Waals surface area contributed by atoms with Crippen LogP contribution in [0, 0.1) is 0 Å². The van der Waals surface area contributed by atoms with Crippen LogP contribution in [0.5, 0.6) is 5.88 Å². The molecule has 150 valence electrons. The normalized spacial score (nSPS) is 21.3. The molecule has 2 fully saturated rings. The summed E-state index contributed by atoms with van der Waals surface area (Å²) in [6.07, 6.45) is 4.90.